The van der Waals surface area contributed by atoms with Crippen molar-refractivity contribution in [2.24, 2.45) is 0 Å². The van der Waals surface area contributed by atoms with Crippen molar-refractivity contribution in [2.75, 3.05) is 5.32 Å². The van der Waals surface area contributed by atoms with Gasteiger partial charge in [-0.25, -0.2) is 0 Å². The van der Waals surface area contributed by atoms with Gasteiger partial charge in [0.25, 0.3) is 0 Å². The van der Waals surface area contributed by atoms with Crippen LogP contribution in [0.3, 0.4) is 0 Å². The number of rotatable bonds is 4. The molecule has 0 aliphatic carbocycles. The van der Waals surface area contributed by atoms with E-state index in [9.17, 15) is 18.0 Å². The second-order valence-corrected chi connectivity index (χ2v) is 5.80. The third kappa shape index (κ3) is 4.13. The molecule has 0 spiro atoms. The van der Waals surface area contributed by atoms with Crippen LogP contribution in [-0.4, -0.2) is 15.7 Å². The Morgan fingerprint density at radius 1 is 1.30 bits per heavy atom. The molecule has 0 aliphatic rings. The molecular formula is C15H15BrF3N3O. The van der Waals surface area contributed by atoms with Crippen LogP contribution in [0.2, 0.25) is 0 Å². The average Bonchev–Trinajstić information content (AvgIpc) is 2.76. The van der Waals surface area contributed by atoms with E-state index in [1.54, 1.807) is 12.1 Å². The second-order valence-electron chi connectivity index (χ2n) is 5.00. The van der Waals surface area contributed by atoms with Gasteiger partial charge in [0.2, 0.25) is 5.91 Å². The Morgan fingerprint density at radius 2 is 1.91 bits per heavy atom. The molecule has 0 saturated carbocycles. The van der Waals surface area contributed by atoms with E-state index in [0.717, 1.165) is 16.7 Å². The van der Waals surface area contributed by atoms with Gasteiger partial charge in [0.05, 0.1) is 10.2 Å². The number of aryl methyl sites for hydroxylation is 1. The lowest BCUT2D eigenvalue weighted by atomic mass is 10.1. The monoisotopic (exact) mass is 389 g/mol. The van der Waals surface area contributed by atoms with E-state index in [2.05, 4.69) is 26.3 Å². The summed E-state index contributed by atoms with van der Waals surface area (Å²) >= 11 is 2.87. The maximum atomic E-state index is 12.8. The summed E-state index contributed by atoms with van der Waals surface area (Å²) in [5.74, 6) is -0.443. The Balaban J connectivity index is 2.11. The molecule has 1 N–H and O–H groups in total. The Labute approximate surface area is 139 Å². The minimum atomic E-state index is -4.57. The number of carbonyl (C=O) groups is 1. The summed E-state index contributed by atoms with van der Waals surface area (Å²) in [4.78, 5) is 12.0. The van der Waals surface area contributed by atoms with E-state index in [-0.39, 0.29) is 16.7 Å². The largest absolute Gasteiger partial charge is 0.436 e. The molecule has 0 bridgehead atoms. The molecular weight excluding hydrogens is 375 g/mol. The molecule has 0 saturated heterocycles. The first kappa shape index (κ1) is 17.5. The number of hydrogen-bond donors (Lipinski definition) is 1. The van der Waals surface area contributed by atoms with Crippen molar-refractivity contribution < 1.29 is 18.0 Å². The fraction of sp³-hybridized carbons (Fsp3) is 0.333. The molecule has 1 aromatic carbocycles. The summed E-state index contributed by atoms with van der Waals surface area (Å²) < 4.78 is 39.3. The highest BCUT2D eigenvalue weighted by Gasteiger charge is 2.38. The van der Waals surface area contributed by atoms with Gasteiger partial charge in [0.15, 0.2) is 5.69 Å². The van der Waals surface area contributed by atoms with Gasteiger partial charge >= 0.3 is 6.18 Å². The van der Waals surface area contributed by atoms with Crippen LogP contribution in [0.4, 0.5) is 18.9 Å². The molecule has 0 aliphatic heterocycles. The zero-order chi connectivity index (χ0) is 17.2. The molecule has 1 amide bonds. The predicted octanol–water partition coefficient (Wildman–Crippen LogP) is 4.17. The van der Waals surface area contributed by atoms with Gasteiger partial charge in [-0.05, 0) is 47.0 Å². The first-order valence-corrected chi connectivity index (χ1v) is 7.70. The summed E-state index contributed by atoms with van der Waals surface area (Å²) in [6, 6.07) is 7.27. The smallest absolute Gasteiger partial charge is 0.324 e. The molecule has 1 aromatic heterocycles. The van der Waals surface area contributed by atoms with Gasteiger partial charge in [-0.15, -0.1) is 0 Å². The van der Waals surface area contributed by atoms with Crippen LogP contribution < -0.4 is 5.32 Å². The van der Waals surface area contributed by atoms with Gasteiger partial charge in [-0.1, -0.05) is 19.1 Å². The minimum Gasteiger partial charge on any atom is -0.324 e. The van der Waals surface area contributed by atoms with Crippen LogP contribution in [0.1, 0.15) is 23.9 Å². The number of carbonyl (C=O) groups excluding carboxylic acids is 1. The zero-order valence-electron chi connectivity index (χ0n) is 12.5. The number of nitrogens with one attached hydrogen (secondary N) is 1. The predicted molar refractivity (Wildman–Crippen MR) is 84.1 cm³/mol. The van der Waals surface area contributed by atoms with Crippen LogP contribution in [0, 0.1) is 6.92 Å². The van der Waals surface area contributed by atoms with Crippen LogP contribution in [0.5, 0.6) is 0 Å². The first-order valence-electron chi connectivity index (χ1n) is 6.91. The molecule has 0 atom stereocenters. The van der Waals surface area contributed by atoms with Crippen molar-refractivity contribution in [3.63, 3.8) is 0 Å². The first-order chi connectivity index (χ1) is 10.7. The average molecular weight is 390 g/mol. The SMILES string of the molecule is CCc1ccc(NC(=O)Cn2nc(C(F)(F)F)c(Br)c2C)cc1. The van der Waals surface area contributed by atoms with E-state index in [1.165, 1.54) is 6.92 Å². The van der Waals surface area contributed by atoms with E-state index >= 15 is 0 Å². The van der Waals surface area contributed by atoms with Crippen LogP contribution >= 0.6 is 15.9 Å². The topological polar surface area (TPSA) is 46.9 Å². The number of benzene rings is 1. The molecule has 2 aromatic rings. The highest BCUT2D eigenvalue weighted by Crippen LogP contribution is 2.35. The molecule has 8 heteroatoms. The maximum absolute atomic E-state index is 12.8. The van der Waals surface area contributed by atoms with E-state index in [0.29, 0.717) is 5.69 Å². The molecule has 0 unspecified atom stereocenters. The number of anilines is 1. The van der Waals surface area contributed by atoms with Gasteiger partial charge in [-0.2, -0.15) is 18.3 Å². The highest BCUT2D eigenvalue weighted by molar-refractivity contribution is 9.10. The standard InChI is InChI=1S/C15H15BrF3N3O/c1-3-10-4-6-11(7-5-10)20-12(23)8-22-9(2)13(16)14(21-22)15(17,18)19/h4-7H,3,8H2,1-2H3,(H,20,23). The van der Waals surface area contributed by atoms with E-state index < -0.39 is 17.8 Å². The molecule has 0 radical (unpaired) electrons. The lowest BCUT2D eigenvalue weighted by Crippen LogP contribution is -2.20. The molecule has 124 valence electrons. The number of alkyl halides is 3. The van der Waals surface area contributed by atoms with Crippen LogP contribution in [0.15, 0.2) is 28.7 Å². The minimum absolute atomic E-state index is 0.148. The van der Waals surface area contributed by atoms with Crippen molar-refractivity contribution >= 4 is 27.5 Å². The Kier molecular flexibility index (Phi) is 5.13. The summed E-state index contributed by atoms with van der Waals surface area (Å²) in [5.41, 5.74) is 0.931. The lowest BCUT2D eigenvalue weighted by Gasteiger charge is -2.07. The van der Waals surface area contributed by atoms with Crippen molar-refractivity contribution in [3.8, 4) is 0 Å². The van der Waals surface area contributed by atoms with Crippen molar-refractivity contribution in [2.45, 2.75) is 33.0 Å². The van der Waals surface area contributed by atoms with Gasteiger partial charge < -0.3 is 5.32 Å². The van der Waals surface area contributed by atoms with Crippen LogP contribution in [0.25, 0.3) is 0 Å². The number of amides is 1. The second kappa shape index (κ2) is 6.74. The fourth-order valence-electron chi connectivity index (χ4n) is 2.02. The van der Waals surface area contributed by atoms with E-state index in [4.69, 9.17) is 0 Å². The molecule has 4 nitrogen and oxygen atoms in total. The maximum Gasteiger partial charge on any atom is 0.436 e. The molecule has 23 heavy (non-hydrogen) atoms. The fourth-order valence-corrected chi connectivity index (χ4v) is 2.53. The zero-order valence-corrected chi connectivity index (χ0v) is 14.1. The Hall–Kier alpha value is -1.83. The quantitative estimate of drug-likeness (QED) is 0.852. The number of halogens is 4. The molecule has 2 rings (SSSR count). The summed E-state index contributed by atoms with van der Waals surface area (Å²) in [5, 5.41) is 6.11. The van der Waals surface area contributed by atoms with Crippen molar-refractivity contribution in [1.29, 1.82) is 0 Å². The Bertz CT molecular complexity index is 708. The number of nitrogens with zero attached hydrogens (tertiary/aromatic N) is 2. The third-order valence-corrected chi connectivity index (χ3v) is 4.29. The summed E-state index contributed by atoms with van der Waals surface area (Å²) in [7, 11) is 0. The summed E-state index contributed by atoms with van der Waals surface area (Å²) in [6.07, 6.45) is -3.68. The van der Waals surface area contributed by atoms with E-state index in [1.807, 2.05) is 19.1 Å². The van der Waals surface area contributed by atoms with Gasteiger partial charge in [0.1, 0.15) is 6.54 Å². The van der Waals surface area contributed by atoms with Crippen LogP contribution in [-0.2, 0) is 23.9 Å². The normalized spacial score (nSPS) is 11.6. The lowest BCUT2D eigenvalue weighted by molar-refractivity contribution is -0.142. The van der Waals surface area contributed by atoms with Crippen molar-refractivity contribution in [1.82, 2.24) is 9.78 Å². The number of aromatic nitrogens is 2. The summed E-state index contributed by atoms with van der Waals surface area (Å²) in [6.45, 7) is 3.19. The Morgan fingerprint density at radius 3 is 2.39 bits per heavy atom. The van der Waals surface area contributed by atoms with Gasteiger partial charge in [0, 0.05) is 5.69 Å². The third-order valence-electron chi connectivity index (χ3n) is 3.34. The number of hydrogen-bond acceptors (Lipinski definition) is 2. The van der Waals surface area contributed by atoms with Gasteiger partial charge in [-0.3, -0.25) is 9.48 Å². The molecule has 0 fully saturated rings. The molecule has 1 heterocycles. The van der Waals surface area contributed by atoms with Crippen molar-refractivity contribution in [3.05, 3.63) is 45.7 Å². The highest BCUT2D eigenvalue weighted by atomic mass is 79.9.